The van der Waals surface area contributed by atoms with E-state index in [1.807, 2.05) is 0 Å². The Hall–Kier alpha value is -0.830. The van der Waals surface area contributed by atoms with Gasteiger partial charge in [0.1, 0.15) is 0 Å². The fourth-order valence-electron chi connectivity index (χ4n) is 1.97. The molecule has 0 unspecified atom stereocenters. The lowest BCUT2D eigenvalue weighted by molar-refractivity contribution is -0.123. The van der Waals surface area contributed by atoms with E-state index in [9.17, 15) is 4.79 Å². The molecule has 0 spiro atoms. The summed E-state index contributed by atoms with van der Waals surface area (Å²) in [6.45, 7) is 16.9. The number of amides is 1. The number of hydrogen-bond donors (Lipinski definition) is 2. The Morgan fingerprint density at radius 1 is 1.19 bits per heavy atom. The van der Waals surface area contributed by atoms with Gasteiger partial charge < -0.3 is 0 Å². The molecule has 0 aliphatic carbocycles. The van der Waals surface area contributed by atoms with Gasteiger partial charge in [0.05, 0.1) is 0 Å². The molecule has 0 aromatic rings. The predicted octanol–water partition coefficient (Wildman–Crippen LogP) is 3.02. The van der Waals surface area contributed by atoms with Gasteiger partial charge in [0.2, 0.25) is 5.91 Å². The zero-order valence-corrected chi connectivity index (χ0v) is 11.5. The molecule has 0 aliphatic rings. The molecule has 0 aromatic carbocycles. The van der Waals surface area contributed by atoms with Crippen molar-refractivity contribution in [3.63, 3.8) is 0 Å². The standard InChI is InChI=1S/C11H24N2O.C2H4/c1-6-10(2,3)8-11(4,5)7-9(14)13-12;1-2/h6-8,12H2,1-5H3,(H,13,14);1-2H2. The molecule has 0 aliphatic heterocycles. The third-order valence-corrected chi connectivity index (χ3v) is 2.71. The van der Waals surface area contributed by atoms with Gasteiger partial charge in [0, 0.05) is 6.42 Å². The van der Waals surface area contributed by atoms with Gasteiger partial charge in [-0.05, 0) is 17.3 Å². The topological polar surface area (TPSA) is 55.1 Å². The molecule has 96 valence electrons. The SMILES string of the molecule is C=C.CCC(C)(C)CC(C)(C)CC(=O)NN. The van der Waals surface area contributed by atoms with Crippen molar-refractivity contribution in [2.24, 2.45) is 16.7 Å². The summed E-state index contributed by atoms with van der Waals surface area (Å²) in [6.07, 6.45) is 2.65. The molecule has 16 heavy (non-hydrogen) atoms. The highest BCUT2D eigenvalue weighted by atomic mass is 16.2. The van der Waals surface area contributed by atoms with Crippen LogP contribution in [0.5, 0.6) is 0 Å². The average Bonchev–Trinajstić information content (AvgIpc) is 2.18. The summed E-state index contributed by atoms with van der Waals surface area (Å²) in [6, 6.07) is 0. The van der Waals surface area contributed by atoms with Crippen LogP contribution >= 0.6 is 0 Å². The lowest BCUT2D eigenvalue weighted by atomic mass is 9.72. The summed E-state index contributed by atoms with van der Waals surface area (Å²) in [7, 11) is 0. The summed E-state index contributed by atoms with van der Waals surface area (Å²) >= 11 is 0. The second-order valence-electron chi connectivity index (χ2n) is 5.60. The maximum Gasteiger partial charge on any atom is 0.234 e. The second-order valence-corrected chi connectivity index (χ2v) is 5.60. The van der Waals surface area contributed by atoms with Crippen LogP contribution in [0.15, 0.2) is 13.2 Å². The van der Waals surface area contributed by atoms with Crippen LogP contribution in [0.1, 0.15) is 53.9 Å². The van der Waals surface area contributed by atoms with Crippen LogP contribution in [0.2, 0.25) is 0 Å². The highest BCUT2D eigenvalue weighted by Crippen LogP contribution is 2.37. The van der Waals surface area contributed by atoms with Crippen LogP contribution in [0.4, 0.5) is 0 Å². The van der Waals surface area contributed by atoms with E-state index in [1.165, 1.54) is 0 Å². The summed E-state index contributed by atoms with van der Waals surface area (Å²) in [5, 5.41) is 0. The fraction of sp³-hybridized carbons (Fsp3) is 0.769. The minimum Gasteiger partial charge on any atom is -0.294 e. The van der Waals surface area contributed by atoms with Crippen molar-refractivity contribution in [3.8, 4) is 0 Å². The molecule has 0 atom stereocenters. The highest BCUT2D eigenvalue weighted by molar-refractivity contribution is 5.75. The largest absolute Gasteiger partial charge is 0.294 e. The van der Waals surface area contributed by atoms with Gasteiger partial charge in [-0.2, -0.15) is 0 Å². The Balaban J connectivity index is 0. The van der Waals surface area contributed by atoms with Crippen LogP contribution in [-0.2, 0) is 4.79 Å². The molecule has 3 N–H and O–H groups in total. The Bertz CT molecular complexity index is 210. The first-order chi connectivity index (χ1) is 7.22. The van der Waals surface area contributed by atoms with Crippen LogP contribution in [0.25, 0.3) is 0 Å². The van der Waals surface area contributed by atoms with E-state index < -0.39 is 0 Å². The number of hydrazine groups is 1. The maximum absolute atomic E-state index is 11.2. The number of rotatable bonds is 5. The number of carbonyl (C=O) groups excluding carboxylic acids is 1. The Morgan fingerprint density at radius 3 is 1.94 bits per heavy atom. The van der Waals surface area contributed by atoms with Gasteiger partial charge in [-0.25, -0.2) is 5.84 Å². The van der Waals surface area contributed by atoms with E-state index in [-0.39, 0.29) is 11.3 Å². The highest BCUT2D eigenvalue weighted by Gasteiger charge is 2.29. The smallest absolute Gasteiger partial charge is 0.234 e. The number of nitrogens with one attached hydrogen (secondary N) is 1. The van der Waals surface area contributed by atoms with Gasteiger partial charge in [0.25, 0.3) is 0 Å². The van der Waals surface area contributed by atoms with Crippen molar-refractivity contribution in [1.82, 2.24) is 5.43 Å². The van der Waals surface area contributed by atoms with Crippen molar-refractivity contribution >= 4 is 5.91 Å². The van der Waals surface area contributed by atoms with Crippen LogP contribution < -0.4 is 11.3 Å². The molecular weight excluding hydrogens is 200 g/mol. The molecule has 0 fully saturated rings. The van der Waals surface area contributed by atoms with Crippen molar-refractivity contribution in [2.45, 2.75) is 53.9 Å². The lowest BCUT2D eigenvalue weighted by Gasteiger charge is -2.33. The van der Waals surface area contributed by atoms with Crippen LogP contribution in [-0.4, -0.2) is 5.91 Å². The van der Waals surface area contributed by atoms with E-state index in [2.05, 4.69) is 53.2 Å². The van der Waals surface area contributed by atoms with Crippen molar-refractivity contribution in [1.29, 1.82) is 0 Å². The second kappa shape index (κ2) is 7.44. The predicted molar refractivity (Wildman–Crippen MR) is 70.7 cm³/mol. The van der Waals surface area contributed by atoms with E-state index in [1.54, 1.807) is 0 Å². The molecule has 0 bridgehead atoms. The Kier molecular flexibility index (Phi) is 8.17. The van der Waals surface area contributed by atoms with Crippen LogP contribution in [0.3, 0.4) is 0 Å². The fourth-order valence-corrected chi connectivity index (χ4v) is 1.97. The van der Waals surface area contributed by atoms with Gasteiger partial charge in [-0.15, -0.1) is 13.2 Å². The van der Waals surface area contributed by atoms with Gasteiger partial charge in [-0.1, -0.05) is 41.0 Å². The average molecular weight is 228 g/mol. The zero-order valence-electron chi connectivity index (χ0n) is 11.5. The summed E-state index contributed by atoms with van der Waals surface area (Å²) in [5.41, 5.74) is 2.49. The number of carbonyl (C=O) groups is 1. The molecule has 3 heteroatoms. The Labute approximate surface area is 100 Å². The number of nitrogens with two attached hydrogens (primary N) is 1. The van der Waals surface area contributed by atoms with Crippen molar-refractivity contribution < 1.29 is 4.79 Å². The molecule has 0 rings (SSSR count). The Morgan fingerprint density at radius 2 is 1.62 bits per heavy atom. The molecule has 1 amide bonds. The van der Waals surface area contributed by atoms with E-state index in [0.717, 1.165) is 12.8 Å². The van der Waals surface area contributed by atoms with Gasteiger partial charge in [-0.3, -0.25) is 10.2 Å². The zero-order chi connectivity index (χ0) is 13.4. The van der Waals surface area contributed by atoms with Crippen molar-refractivity contribution in [3.05, 3.63) is 13.2 Å². The summed E-state index contributed by atoms with van der Waals surface area (Å²) in [4.78, 5) is 11.2. The maximum atomic E-state index is 11.2. The minimum absolute atomic E-state index is 0.0168. The van der Waals surface area contributed by atoms with Crippen molar-refractivity contribution in [2.75, 3.05) is 0 Å². The molecular formula is C13H28N2O. The third kappa shape index (κ3) is 8.48. The van der Waals surface area contributed by atoms with Crippen LogP contribution in [0, 0.1) is 10.8 Å². The first-order valence-electron chi connectivity index (χ1n) is 5.72. The molecule has 0 saturated carbocycles. The van der Waals surface area contributed by atoms with E-state index >= 15 is 0 Å². The summed E-state index contributed by atoms with van der Waals surface area (Å²) < 4.78 is 0. The molecule has 0 aromatic heterocycles. The first kappa shape index (κ1) is 17.6. The molecule has 0 saturated heterocycles. The van der Waals surface area contributed by atoms with E-state index in [0.29, 0.717) is 11.8 Å². The first-order valence-corrected chi connectivity index (χ1v) is 5.72. The quantitative estimate of drug-likeness (QED) is 0.329. The third-order valence-electron chi connectivity index (χ3n) is 2.71. The van der Waals surface area contributed by atoms with E-state index in [4.69, 9.17) is 5.84 Å². The minimum atomic E-state index is -0.0816. The van der Waals surface area contributed by atoms with Gasteiger partial charge in [0.15, 0.2) is 0 Å². The number of hydrogen-bond acceptors (Lipinski definition) is 2. The monoisotopic (exact) mass is 228 g/mol. The molecule has 3 nitrogen and oxygen atoms in total. The normalized spacial score (nSPS) is 11.4. The molecule has 0 heterocycles. The van der Waals surface area contributed by atoms with Gasteiger partial charge >= 0.3 is 0 Å². The molecule has 0 radical (unpaired) electrons. The lowest BCUT2D eigenvalue weighted by Crippen LogP contribution is -2.35. The summed E-state index contributed by atoms with van der Waals surface area (Å²) in [5.74, 6) is 4.99.